The minimum atomic E-state index is -0.198. The molecule has 1 aliphatic rings. The van der Waals surface area contributed by atoms with Gasteiger partial charge in [-0.1, -0.05) is 18.6 Å². The monoisotopic (exact) mass is 293 g/mol. The second kappa shape index (κ2) is 8.13. The lowest BCUT2D eigenvalue weighted by Crippen LogP contribution is -2.37. The number of hydrogen-bond donors (Lipinski definition) is 1. The Balaban J connectivity index is 1.72. The maximum absolute atomic E-state index is 12.8. The van der Waals surface area contributed by atoms with Crippen LogP contribution in [0, 0.1) is 11.7 Å². The maximum Gasteiger partial charge on any atom is 0.308 e. The average molecular weight is 293 g/mol. The Morgan fingerprint density at radius 2 is 2.10 bits per heavy atom. The second-order valence-corrected chi connectivity index (χ2v) is 5.64. The van der Waals surface area contributed by atoms with Crippen molar-refractivity contribution in [1.29, 1.82) is 0 Å². The molecule has 1 N–H and O–H groups in total. The van der Waals surface area contributed by atoms with Crippen molar-refractivity contribution in [3.63, 3.8) is 0 Å². The SMILES string of the molecule is CCOC(=O)C1CCCC(NCCc2ccc(F)cc2)C1. The highest BCUT2D eigenvalue weighted by Gasteiger charge is 2.27. The largest absolute Gasteiger partial charge is 0.466 e. The van der Waals surface area contributed by atoms with Crippen molar-refractivity contribution in [3.05, 3.63) is 35.6 Å². The lowest BCUT2D eigenvalue weighted by atomic mass is 9.85. The molecule has 0 radical (unpaired) electrons. The number of carbonyl (C=O) groups excluding carboxylic acids is 1. The molecule has 2 atom stereocenters. The van der Waals surface area contributed by atoms with E-state index < -0.39 is 0 Å². The van der Waals surface area contributed by atoms with Crippen molar-refractivity contribution in [3.8, 4) is 0 Å². The third-order valence-corrected chi connectivity index (χ3v) is 4.05. The molecule has 0 spiro atoms. The van der Waals surface area contributed by atoms with E-state index in [2.05, 4.69) is 5.32 Å². The first-order valence-electron chi connectivity index (χ1n) is 7.83. The molecule has 0 bridgehead atoms. The van der Waals surface area contributed by atoms with Gasteiger partial charge in [-0.2, -0.15) is 0 Å². The summed E-state index contributed by atoms with van der Waals surface area (Å²) in [7, 11) is 0. The van der Waals surface area contributed by atoms with Gasteiger partial charge in [-0.05, 0) is 56.8 Å². The van der Waals surface area contributed by atoms with Gasteiger partial charge in [0.2, 0.25) is 0 Å². The molecule has 0 amide bonds. The Hall–Kier alpha value is -1.42. The van der Waals surface area contributed by atoms with Crippen molar-refractivity contribution in [2.45, 2.75) is 45.1 Å². The predicted molar refractivity (Wildman–Crippen MR) is 80.5 cm³/mol. The van der Waals surface area contributed by atoms with E-state index in [1.54, 1.807) is 0 Å². The van der Waals surface area contributed by atoms with Crippen molar-refractivity contribution in [2.24, 2.45) is 5.92 Å². The van der Waals surface area contributed by atoms with Gasteiger partial charge < -0.3 is 10.1 Å². The van der Waals surface area contributed by atoms with Crippen LogP contribution in [0.2, 0.25) is 0 Å². The third-order valence-electron chi connectivity index (χ3n) is 4.05. The minimum absolute atomic E-state index is 0.0435. The Bertz CT molecular complexity index is 447. The van der Waals surface area contributed by atoms with Crippen LogP contribution in [0.5, 0.6) is 0 Å². The molecule has 1 aromatic rings. The standard InChI is InChI=1S/C17H24FNO2/c1-2-21-17(20)14-4-3-5-16(12-14)19-11-10-13-6-8-15(18)9-7-13/h6-9,14,16,19H,2-5,10-12H2,1H3. The fraction of sp³-hybridized carbons (Fsp3) is 0.588. The van der Waals surface area contributed by atoms with E-state index >= 15 is 0 Å². The van der Waals surface area contributed by atoms with E-state index in [9.17, 15) is 9.18 Å². The fourth-order valence-electron chi connectivity index (χ4n) is 2.92. The number of halogens is 1. The zero-order valence-corrected chi connectivity index (χ0v) is 12.6. The summed E-state index contributed by atoms with van der Waals surface area (Å²) in [6, 6.07) is 7.01. The van der Waals surface area contributed by atoms with Gasteiger partial charge in [-0.25, -0.2) is 4.39 Å². The topological polar surface area (TPSA) is 38.3 Å². The summed E-state index contributed by atoms with van der Waals surface area (Å²) in [6.07, 6.45) is 4.86. The average Bonchev–Trinajstić information content (AvgIpc) is 2.50. The van der Waals surface area contributed by atoms with Crippen LogP contribution in [0.4, 0.5) is 4.39 Å². The van der Waals surface area contributed by atoms with E-state index in [1.807, 2.05) is 19.1 Å². The van der Waals surface area contributed by atoms with Crippen molar-refractivity contribution in [2.75, 3.05) is 13.2 Å². The Morgan fingerprint density at radius 3 is 2.81 bits per heavy atom. The number of hydrogen-bond acceptors (Lipinski definition) is 3. The van der Waals surface area contributed by atoms with Gasteiger partial charge in [-0.3, -0.25) is 4.79 Å². The molecule has 0 saturated heterocycles. The molecule has 2 rings (SSSR count). The van der Waals surface area contributed by atoms with Gasteiger partial charge in [0.25, 0.3) is 0 Å². The zero-order valence-electron chi connectivity index (χ0n) is 12.6. The molecule has 3 nitrogen and oxygen atoms in total. The van der Waals surface area contributed by atoms with Gasteiger partial charge in [0.15, 0.2) is 0 Å². The number of ether oxygens (including phenoxy) is 1. The smallest absolute Gasteiger partial charge is 0.308 e. The Morgan fingerprint density at radius 1 is 1.33 bits per heavy atom. The molecule has 1 fully saturated rings. The summed E-state index contributed by atoms with van der Waals surface area (Å²) in [6.45, 7) is 3.16. The van der Waals surface area contributed by atoms with Crippen LogP contribution in [-0.4, -0.2) is 25.2 Å². The van der Waals surface area contributed by atoms with Crippen LogP contribution in [0.1, 0.15) is 38.2 Å². The quantitative estimate of drug-likeness (QED) is 0.819. The van der Waals surface area contributed by atoms with Gasteiger partial charge in [0.05, 0.1) is 12.5 Å². The Labute approximate surface area is 125 Å². The third kappa shape index (κ3) is 5.12. The second-order valence-electron chi connectivity index (χ2n) is 5.64. The normalized spacial score (nSPS) is 22.0. The number of esters is 1. The van der Waals surface area contributed by atoms with Crippen LogP contribution in [0.15, 0.2) is 24.3 Å². The molecule has 1 saturated carbocycles. The van der Waals surface area contributed by atoms with Crippen LogP contribution in [0.25, 0.3) is 0 Å². The first-order valence-corrected chi connectivity index (χ1v) is 7.83. The van der Waals surface area contributed by atoms with E-state index in [1.165, 1.54) is 12.1 Å². The maximum atomic E-state index is 12.8. The molecule has 21 heavy (non-hydrogen) atoms. The number of carbonyl (C=O) groups is 1. The Kier molecular flexibility index (Phi) is 6.18. The van der Waals surface area contributed by atoms with E-state index in [0.717, 1.165) is 44.2 Å². The molecule has 4 heteroatoms. The molecule has 1 aromatic carbocycles. The molecule has 0 heterocycles. The zero-order chi connectivity index (χ0) is 15.1. The summed E-state index contributed by atoms with van der Waals surface area (Å²) < 4.78 is 17.9. The molecule has 116 valence electrons. The summed E-state index contributed by atoms with van der Waals surface area (Å²) in [5.41, 5.74) is 1.13. The summed E-state index contributed by atoms with van der Waals surface area (Å²) in [5.74, 6) is -0.208. The fourth-order valence-corrected chi connectivity index (χ4v) is 2.92. The van der Waals surface area contributed by atoms with Crippen LogP contribution >= 0.6 is 0 Å². The molecule has 2 unspecified atom stereocenters. The highest BCUT2D eigenvalue weighted by Crippen LogP contribution is 2.25. The molecular formula is C17H24FNO2. The van der Waals surface area contributed by atoms with Gasteiger partial charge in [0.1, 0.15) is 5.82 Å². The predicted octanol–water partition coefficient (Wildman–Crippen LogP) is 3.08. The van der Waals surface area contributed by atoms with Crippen LogP contribution in [-0.2, 0) is 16.0 Å². The molecule has 0 aliphatic heterocycles. The first-order chi connectivity index (χ1) is 10.2. The highest BCUT2D eigenvalue weighted by atomic mass is 19.1. The molecular weight excluding hydrogens is 269 g/mol. The summed E-state index contributed by atoms with van der Waals surface area (Å²) in [5, 5.41) is 3.51. The van der Waals surface area contributed by atoms with E-state index in [-0.39, 0.29) is 17.7 Å². The lowest BCUT2D eigenvalue weighted by molar-refractivity contribution is -0.149. The minimum Gasteiger partial charge on any atom is -0.466 e. The van der Waals surface area contributed by atoms with Crippen molar-refractivity contribution in [1.82, 2.24) is 5.32 Å². The van der Waals surface area contributed by atoms with E-state index in [4.69, 9.17) is 4.74 Å². The van der Waals surface area contributed by atoms with Crippen molar-refractivity contribution < 1.29 is 13.9 Å². The van der Waals surface area contributed by atoms with Gasteiger partial charge >= 0.3 is 5.97 Å². The molecule has 0 aromatic heterocycles. The lowest BCUT2D eigenvalue weighted by Gasteiger charge is -2.28. The summed E-state index contributed by atoms with van der Waals surface area (Å²) in [4.78, 5) is 11.8. The number of rotatable bonds is 6. The van der Waals surface area contributed by atoms with Crippen molar-refractivity contribution >= 4 is 5.97 Å². The van der Waals surface area contributed by atoms with E-state index in [0.29, 0.717) is 12.6 Å². The van der Waals surface area contributed by atoms with Crippen LogP contribution in [0.3, 0.4) is 0 Å². The first kappa shape index (κ1) is 16.0. The molecule has 1 aliphatic carbocycles. The van der Waals surface area contributed by atoms with Gasteiger partial charge in [-0.15, -0.1) is 0 Å². The summed E-state index contributed by atoms with van der Waals surface area (Å²) >= 11 is 0. The van der Waals surface area contributed by atoms with Gasteiger partial charge in [0, 0.05) is 6.04 Å². The number of nitrogens with one attached hydrogen (secondary N) is 1. The van der Waals surface area contributed by atoms with Crippen LogP contribution < -0.4 is 5.32 Å². The number of benzene rings is 1. The highest BCUT2D eigenvalue weighted by molar-refractivity contribution is 5.72.